The van der Waals surface area contributed by atoms with E-state index in [4.69, 9.17) is 5.73 Å². The number of likely N-dealkylation sites (tertiary alicyclic amines) is 1. The molecule has 0 aromatic heterocycles. The summed E-state index contributed by atoms with van der Waals surface area (Å²) in [6, 6.07) is 6.42. The molecule has 0 spiro atoms. The Morgan fingerprint density at radius 3 is 2.50 bits per heavy atom. The first kappa shape index (κ1) is 26.9. The summed E-state index contributed by atoms with van der Waals surface area (Å²) in [6.07, 6.45) is 10.9. The lowest BCUT2D eigenvalue weighted by Gasteiger charge is -2.32. The first-order chi connectivity index (χ1) is 16.3. The molecule has 3 rings (SSSR count). The number of carbonyl (C=O) groups is 1. The van der Waals surface area contributed by atoms with Crippen molar-refractivity contribution < 1.29 is 4.79 Å². The molecule has 1 aliphatic carbocycles. The topological polar surface area (TPSA) is 58.4 Å². The molecular formula is C29H45N3OS. The molecule has 0 bridgehead atoms. The van der Waals surface area contributed by atoms with Crippen LogP contribution in [0.15, 0.2) is 46.7 Å². The van der Waals surface area contributed by atoms with Gasteiger partial charge in [0.1, 0.15) is 0 Å². The number of amides is 1. The summed E-state index contributed by atoms with van der Waals surface area (Å²) in [5.41, 5.74) is 9.50. The van der Waals surface area contributed by atoms with Gasteiger partial charge in [-0.15, -0.1) is 0 Å². The smallest absolute Gasteiger partial charge is 0.220 e. The normalized spacial score (nSPS) is 18.2. The number of nitrogens with one attached hydrogen (secondary N) is 1. The Morgan fingerprint density at radius 1 is 1.12 bits per heavy atom. The quantitative estimate of drug-likeness (QED) is 0.193. The summed E-state index contributed by atoms with van der Waals surface area (Å²) in [6.45, 7) is 16.3. The van der Waals surface area contributed by atoms with Crippen LogP contribution in [0.25, 0.3) is 0 Å². The van der Waals surface area contributed by atoms with Gasteiger partial charge in [-0.25, -0.2) is 0 Å². The zero-order valence-electron chi connectivity index (χ0n) is 21.4. The van der Waals surface area contributed by atoms with Gasteiger partial charge in [0.15, 0.2) is 0 Å². The molecule has 1 aliphatic heterocycles. The Kier molecular flexibility index (Phi) is 10.6. The first-order valence-electron chi connectivity index (χ1n) is 13.2. The predicted octanol–water partition coefficient (Wildman–Crippen LogP) is 6.89. The van der Waals surface area contributed by atoms with Crippen molar-refractivity contribution in [3.05, 3.63) is 47.4 Å². The van der Waals surface area contributed by atoms with E-state index in [1.165, 1.54) is 69.2 Å². The molecule has 5 heteroatoms. The van der Waals surface area contributed by atoms with Gasteiger partial charge in [-0.05, 0) is 86.1 Å². The van der Waals surface area contributed by atoms with Crippen molar-refractivity contribution in [3.63, 3.8) is 0 Å². The lowest BCUT2D eigenvalue weighted by molar-refractivity contribution is -0.122. The highest BCUT2D eigenvalue weighted by atomic mass is 32.2. The van der Waals surface area contributed by atoms with E-state index in [1.54, 1.807) is 11.8 Å². The largest absolute Gasteiger partial charge is 0.398 e. The lowest BCUT2D eigenvalue weighted by atomic mass is 9.81. The molecule has 188 valence electrons. The maximum absolute atomic E-state index is 13.0. The monoisotopic (exact) mass is 483 g/mol. The van der Waals surface area contributed by atoms with Crippen molar-refractivity contribution in [2.45, 2.75) is 94.9 Å². The van der Waals surface area contributed by atoms with Crippen LogP contribution in [-0.2, 0) is 4.79 Å². The van der Waals surface area contributed by atoms with Gasteiger partial charge in [-0.1, -0.05) is 69.7 Å². The number of carbonyl (C=O) groups excluding carboxylic acids is 1. The summed E-state index contributed by atoms with van der Waals surface area (Å²) in [4.78, 5) is 17.5. The molecule has 2 fully saturated rings. The zero-order valence-corrected chi connectivity index (χ0v) is 22.2. The van der Waals surface area contributed by atoms with E-state index < -0.39 is 0 Å². The predicted molar refractivity (Wildman–Crippen MR) is 147 cm³/mol. The maximum atomic E-state index is 13.0. The van der Waals surface area contributed by atoms with E-state index in [9.17, 15) is 4.79 Å². The third kappa shape index (κ3) is 8.49. The van der Waals surface area contributed by atoms with E-state index in [2.05, 4.69) is 49.4 Å². The SMILES string of the molecule is C=C(CC(NC(=O)CCC(=C)Sc1cc(C(C)C)ccc1N)C1CCCCC1)CN1CCCC1. The van der Waals surface area contributed by atoms with Crippen LogP contribution in [0.1, 0.15) is 89.5 Å². The number of hydrogen-bond donors (Lipinski definition) is 2. The minimum absolute atomic E-state index is 0.134. The fourth-order valence-electron chi connectivity index (χ4n) is 5.24. The van der Waals surface area contributed by atoms with E-state index >= 15 is 0 Å². The number of anilines is 1. The van der Waals surface area contributed by atoms with Crippen LogP contribution in [-0.4, -0.2) is 36.5 Å². The van der Waals surface area contributed by atoms with E-state index in [0.717, 1.165) is 28.5 Å². The number of allylic oxidation sites excluding steroid dienone is 1. The van der Waals surface area contributed by atoms with Crippen molar-refractivity contribution in [2.24, 2.45) is 5.92 Å². The summed E-state index contributed by atoms with van der Waals surface area (Å²) < 4.78 is 0. The third-order valence-electron chi connectivity index (χ3n) is 7.31. The number of nitrogens with zero attached hydrogens (tertiary/aromatic N) is 1. The molecule has 2 aliphatic rings. The number of rotatable bonds is 12. The van der Waals surface area contributed by atoms with E-state index in [-0.39, 0.29) is 11.9 Å². The molecule has 1 saturated carbocycles. The Balaban J connectivity index is 1.51. The number of hydrogen-bond acceptors (Lipinski definition) is 4. The Labute approximate surface area is 211 Å². The molecule has 3 N–H and O–H groups in total. The van der Waals surface area contributed by atoms with Gasteiger partial charge in [0.05, 0.1) is 0 Å². The molecule has 1 aromatic rings. The summed E-state index contributed by atoms with van der Waals surface area (Å²) in [5, 5.41) is 3.40. The van der Waals surface area contributed by atoms with Crippen LogP contribution in [0.3, 0.4) is 0 Å². The lowest BCUT2D eigenvalue weighted by Crippen LogP contribution is -2.42. The molecule has 34 heavy (non-hydrogen) atoms. The van der Waals surface area contributed by atoms with Crippen molar-refractivity contribution in [1.29, 1.82) is 0 Å². The van der Waals surface area contributed by atoms with Crippen LogP contribution < -0.4 is 11.1 Å². The minimum Gasteiger partial charge on any atom is -0.398 e. The van der Waals surface area contributed by atoms with Crippen LogP contribution in [0.5, 0.6) is 0 Å². The number of nitrogen functional groups attached to an aromatic ring is 1. The summed E-state index contributed by atoms with van der Waals surface area (Å²) in [7, 11) is 0. The van der Waals surface area contributed by atoms with E-state index in [1.807, 2.05) is 6.07 Å². The molecule has 1 atom stereocenters. The Bertz CT molecular complexity index is 838. The summed E-state index contributed by atoms with van der Waals surface area (Å²) >= 11 is 1.60. The van der Waals surface area contributed by atoms with Gasteiger partial charge in [-0.3, -0.25) is 9.69 Å². The second-order valence-electron chi connectivity index (χ2n) is 10.6. The fourth-order valence-corrected chi connectivity index (χ4v) is 6.14. The van der Waals surface area contributed by atoms with Gasteiger partial charge in [0.2, 0.25) is 5.91 Å². The Hall–Kier alpha value is -1.72. The maximum Gasteiger partial charge on any atom is 0.220 e. The number of nitrogens with two attached hydrogens (primary N) is 1. The minimum atomic E-state index is 0.134. The van der Waals surface area contributed by atoms with Gasteiger partial charge in [-0.2, -0.15) is 0 Å². The third-order valence-corrected chi connectivity index (χ3v) is 8.38. The van der Waals surface area contributed by atoms with Gasteiger partial charge in [0.25, 0.3) is 0 Å². The van der Waals surface area contributed by atoms with Crippen molar-refractivity contribution in [3.8, 4) is 0 Å². The van der Waals surface area contributed by atoms with Crippen LogP contribution in [0.2, 0.25) is 0 Å². The number of thioether (sulfide) groups is 1. The molecule has 0 radical (unpaired) electrons. The van der Waals surface area contributed by atoms with Gasteiger partial charge in [0, 0.05) is 29.6 Å². The molecule has 1 saturated heterocycles. The molecule has 1 unspecified atom stereocenters. The highest BCUT2D eigenvalue weighted by molar-refractivity contribution is 8.03. The van der Waals surface area contributed by atoms with Gasteiger partial charge >= 0.3 is 0 Å². The molecule has 1 heterocycles. The molecule has 1 aromatic carbocycles. The number of benzene rings is 1. The molecular weight excluding hydrogens is 438 g/mol. The second kappa shape index (κ2) is 13.4. The molecule has 4 nitrogen and oxygen atoms in total. The standard InChI is InChI=1S/C29H45N3OS/c1-21(2)25-13-14-26(30)28(19-25)34-23(4)12-15-29(33)31-27(24-10-6-5-7-11-24)18-22(3)20-32-16-8-9-17-32/h13-14,19,21,24,27H,3-12,15-18,20,30H2,1-2H3,(H,31,33). The van der Waals surface area contributed by atoms with Crippen LogP contribution >= 0.6 is 11.8 Å². The van der Waals surface area contributed by atoms with E-state index in [0.29, 0.717) is 24.7 Å². The highest BCUT2D eigenvalue weighted by Crippen LogP contribution is 2.35. The Morgan fingerprint density at radius 2 is 1.82 bits per heavy atom. The van der Waals surface area contributed by atoms with Crippen LogP contribution in [0.4, 0.5) is 5.69 Å². The van der Waals surface area contributed by atoms with Crippen molar-refractivity contribution in [2.75, 3.05) is 25.4 Å². The summed E-state index contributed by atoms with van der Waals surface area (Å²) in [5.74, 6) is 1.16. The van der Waals surface area contributed by atoms with Crippen molar-refractivity contribution in [1.82, 2.24) is 10.2 Å². The van der Waals surface area contributed by atoms with Crippen molar-refractivity contribution >= 4 is 23.4 Å². The zero-order chi connectivity index (χ0) is 24.5. The second-order valence-corrected chi connectivity index (χ2v) is 11.8. The van der Waals surface area contributed by atoms with Crippen LogP contribution in [0, 0.1) is 5.92 Å². The highest BCUT2D eigenvalue weighted by Gasteiger charge is 2.26. The fraction of sp³-hybridized carbons (Fsp3) is 0.621. The molecule has 1 amide bonds. The average molecular weight is 484 g/mol. The first-order valence-corrected chi connectivity index (χ1v) is 14.1. The average Bonchev–Trinajstić information content (AvgIpc) is 3.32. The van der Waals surface area contributed by atoms with Gasteiger partial charge < -0.3 is 11.1 Å².